The molecule has 0 atom stereocenters. The van der Waals surface area contributed by atoms with Crippen LogP contribution >= 0.6 is 7.91 Å². The van der Waals surface area contributed by atoms with Gasteiger partial charge in [0.15, 0.2) is 5.78 Å². The molecule has 52 valence electrons. The van der Waals surface area contributed by atoms with Gasteiger partial charge >= 0.3 is 7.91 Å². The van der Waals surface area contributed by atoms with Crippen LogP contribution in [0.4, 0.5) is 0 Å². The first kappa shape index (κ1) is 8.49. The summed E-state index contributed by atoms with van der Waals surface area (Å²) in [7, 11) is -3.01. The molecule has 0 saturated carbocycles. The third-order valence-electron chi connectivity index (χ3n) is 0.376. The van der Waals surface area contributed by atoms with Gasteiger partial charge in [0.1, 0.15) is 6.61 Å². The van der Waals surface area contributed by atoms with E-state index in [1.807, 2.05) is 0 Å². The summed E-state index contributed by atoms with van der Waals surface area (Å²) >= 11 is 0. The molecule has 0 aliphatic rings. The predicted octanol–water partition coefficient (Wildman–Crippen LogP) is 0.611. The summed E-state index contributed by atoms with van der Waals surface area (Å²) in [5, 5.41) is 0. The number of ketones is 1. The number of carbonyl (C=O) groups is 1. The molecule has 0 saturated heterocycles. The van der Waals surface area contributed by atoms with Crippen LogP contribution in [0, 0.1) is 0 Å². The van der Waals surface area contributed by atoms with Gasteiger partial charge in [0.25, 0.3) is 0 Å². The Balaban J connectivity index is 3.21. The Morgan fingerprint density at radius 3 is 2.44 bits per heavy atom. The van der Waals surface area contributed by atoms with Crippen LogP contribution in [0.5, 0.6) is 0 Å². The van der Waals surface area contributed by atoms with Gasteiger partial charge in [0, 0.05) is 0 Å². The van der Waals surface area contributed by atoms with Crippen molar-refractivity contribution in [1.82, 2.24) is 0 Å². The van der Waals surface area contributed by atoms with Crippen molar-refractivity contribution in [2.24, 2.45) is 0 Å². The Kier molecular flexibility index (Phi) is 4.13. The SMILES string of the molecule is CC(=O)COOP(=O)=O. The molecule has 0 aliphatic heterocycles. The second-order valence-electron chi connectivity index (χ2n) is 1.26. The zero-order chi connectivity index (χ0) is 7.28. The summed E-state index contributed by atoms with van der Waals surface area (Å²) in [6, 6.07) is 0. The summed E-state index contributed by atoms with van der Waals surface area (Å²) in [5.41, 5.74) is 0. The van der Waals surface area contributed by atoms with Crippen LogP contribution in [0.2, 0.25) is 0 Å². The molecule has 0 fully saturated rings. The van der Waals surface area contributed by atoms with E-state index in [2.05, 4.69) is 9.56 Å². The van der Waals surface area contributed by atoms with E-state index in [1.54, 1.807) is 0 Å². The highest BCUT2D eigenvalue weighted by Crippen LogP contribution is 2.03. The fourth-order valence-corrected chi connectivity index (χ4v) is 0.291. The molecule has 9 heavy (non-hydrogen) atoms. The van der Waals surface area contributed by atoms with Gasteiger partial charge in [-0.1, -0.05) is 0 Å². The molecule has 0 bridgehead atoms. The van der Waals surface area contributed by atoms with Crippen molar-refractivity contribution < 1.29 is 23.5 Å². The average Bonchev–Trinajstić information content (AvgIpc) is 1.63. The van der Waals surface area contributed by atoms with Gasteiger partial charge in [0.05, 0.1) is 0 Å². The Morgan fingerprint density at radius 2 is 2.11 bits per heavy atom. The molecular formula is C3H5O5P. The Hall–Kier alpha value is -0.510. The van der Waals surface area contributed by atoms with Crippen molar-refractivity contribution in [2.45, 2.75) is 6.92 Å². The molecule has 6 heteroatoms. The van der Waals surface area contributed by atoms with E-state index in [4.69, 9.17) is 0 Å². The van der Waals surface area contributed by atoms with E-state index in [-0.39, 0.29) is 12.4 Å². The minimum atomic E-state index is -3.01. The van der Waals surface area contributed by atoms with Crippen LogP contribution in [0.15, 0.2) is 0 Å². The lowest BCUT2D eigenvalue weighted by atomic mass is 10.5. The lowest BCUT2D eigenvalue weighted by Gasteiger charge is -1.88. The number of Topliss-reactive ketones (excluding diaryl/α,β-unsaturated/α-hetero) is 1. The lowest BCUT2D eigenvalue weighted by Crippen LogP contribution is -2.00. The van der Waals surface area contributed by atoms with Gasteiger partial charge in [-0.15, -0.1) is 4.67 Å². The van der Waals surface area contributed by atoms with Crippen molar-refractivity contribution in [3.8, 4) is 0 Å². The molecule has 0 aliphatic carbocycles. The molecule has 0 aromatic rings. The maximum absolute atomic E-state index is 10.0. The summed E-state index contributed by atoms with van der Waals surface area (Å²) in [6.07, 6.45) is 0. The fraction of sp³-hybridized carbons (Fsp3) is 0.667. The van der Waals surface area contributed by atoms with Crippen molar-refractivity contribution in [1.29, 1.82) is 0 Å². The smallest absolute Gasteiger partial charge is 0.297 e. The van der Waals surface area contributed by atoms with Gasteiger partial charge < -0.3 is 0 Å². The lowest BCUT2D eigenvalue weighted by molar-refractivity contribution is -0.202. The van der Waals surface area contributed by atoms with Crippen LogP contribution in [0.25, 0.3) is 0 Å². The molecule has 0 rings (SSSR count). The van der Waals surface area contributed by atoms with Crippen LogP contribution < -0.4 is 0 Å². The Labute approximate surface area is 51.8 Å². The first-order chi connectivity index (χ1) is 4.13. The fourth-order valence-electron chi connectivity index (χ4n) is 0.152. The average molecular weight is 152 g/mol. The van der Waals surface area contributed by atoms with Crippen LogP contribution in [-0.2, 0) is 23.5 Å². The summed E-state index contributed by atoms with van der Waals surface area (Å²) < 4.78 is 22.7. The first-order valence-corrected chi connectivity index (χ1v) is 3.16. The van der Waals surface area contributed by atoms with E-state index in [1.165, 1.54) is 6.92 Å². The Morgan fingerprint density at radius 1 is 1.56 bits per heavy atom. The largest absolute Gasteiger partial charge is 0.496 e. The summed E-state index contributed by atoms with van der Waals surface area (Å²) in [4.78, 5) is 13.9. The zero-order valence-corrected chi connectivity index (χ0v) is 5.59. The molecule has 0 spiro atoms. The van der Waals surface area contributed by atoms with Gasteiger partial charge in [-0.05, 0) is 6.92 Å². The summed E-state index contributed by atoms with van der Waals surface area (Å²) in [6.45, 7) is 0.907. The standard InChI is InChI=1S/C3H5O5P/c1-3(4)2-7-8-9(5)6/h2H2,1H3. The minimum absolute atomic E-state index is 0.299. The zero-order valence-electron chi connectivity index (χ0n) is 4.70. The highest BCUT2D eigenvalue weighted by atomic mass is 31.1. The molecule has 0 aromatic carbocycles. The van der Waals surface area contributed by atoms with E-state index in [0.29, 0.717) is 0 Å². The number of hydrogen-bond acceptors (Lipinski definition) is 5. The van der Waals surface area contributed by atoms with Gasteiger partial charge in [-0.25, -0.2) is 14.0 Å². The van der Waals surface area contributed by atoms with Gasteiger partial charge in [-0.2, -0.15) is 0 Å². The van der Waals surface area contributed by atoms with Crippen LogP contribution in [-0.4, -0.2) is 12.4 Å². The van der Waals surface area contributed by atoms with Crippen molar-refractivity contribution >= 4 is 13.7 Å². The number of rotatable bonds is 4. The third kappa shape index (κ3) is 7.49. The van der Waals surface area contributed by atoms with Gasteiger partial charge in [-0.3, -0.25) is 4.79 Å². The monoisotopic (exact) mass is 152 g/mol. The summed E-state index contributed by atoms with van der Waals surface area (Å²) in [5.74, 6) is -0.299. The second-order valence-corrected chi connectivity index (χ2v) is 1.86. The highest BCUT2D eigenvalue weighted by molar-refractivity contribution is 7.24. The molecular weight excluding hydrogens is 147 g/mol. The predicted molar refractivity (Wildman–Crippen MR) is 26.0 cm³/mol. The van der Waals surface area contributed by atoms with E-state index in [9.17, 15) is 13.9 Å². The molecule has 0 unspecified atom stereocenters. The molecule has 0 N–H and O–H groups in total. The van der Waals surface area contributed by atoms with E-state index in [0.717, 1.165) is 0 Å². The number of carbonyl (C=O) groups excluding carboxylic acids is 1. The molecule has 0 aromatic heterocycles. The van der Waals surface area contributed by atoms with E-state index >= 15 is 0 Å². The van der Waals surface area contributed by atoms with E-state index < -0.39 is 7.91 Å². The van der Waals surface area contributed by atoms with Gasteiger partial charge in [0.2, 0.25) is 0 Å². The normalized spacial score (nSPS) is 9.00. The first-order valence-electron chi connectivity index (χ1n) is 2.06. The minimum Gasteiger partial charge on any atom is -0.297 e. The van der Waals surface area contributed by atoms with Crippen molar-refractivity contribution in [2.75, 3.05) is 6.61 Å². The second kappa shape index (κ2) is 4.38. The quantitative estimate of drug-likeness (QED) is 0.335. The molecule has 5 nitrogen and oxygen atoms in total. The number of hydrogen-bond donors (Lipinski definition) is 0. The molecule has 0 heterocycles. The topological polar surface area (TPSA) is 69.7 Å². The maximum Gasteiger partial charge on any atom is 0.496 e. The van der Waals surface area contributed by atoms with Crippen LogP contribution in [0.3, 0.4) is 0 Å². The van der Waals surface area contributed by atoms with Crippen LogP contribution in [0.1, 0.15) is 6.92 Å². The molecule has 0 amide bonds. The van der Waals surface area contributed by atoms with Crippen molar-refractivity contribution in [3.05, 3.63) is 0 Å². The van der Waals surface area contributed by atoms with Crippen molar-refractivity contribution in [3.63, 3.8) is 0 Å². The molecule has 0 radical (unpaired) electrons. The maximum atomic E-state index is 10.0. The Bertz CT molecular complexity index is 152. The third-order valence-corrected chi connectivity index (χ3v) is 0.603. The highest BCUT2D eigenvalue weighted by Gasteiger charge is 1.95.